The third kappa shape index (κ3) is 2.74. The lowest BCUT2D eigenvalue weighted by atomic mass is 10.0. The van der Waals surface area contributed by atoms with Crippen LogP contribution in [0.2, 0.25) is 0 Å². The number of hydrogen-bond donors (Lipinski definition) is 0. The molecule has 0 amide bonds. The molecule has 0 saturated heterocycles. The summed E-state index contributed by atoms with van der Waals surface area (Å²) in [5.41, 5.74) is 5.47. The van der Waals surface area contributed by atoms with Crippen molar-refractivity contribution in [3.05, 3.63) is 70.8 Å². The van der Waals surface area contributed by atoms with Crippen molar-refractivity contribution in [3.8, 4) is 0 Å². The van der Waals surface area contributed by atoms with Crippen molar-refractivity contribution in [2.45, 2.75) is 13.8 Å². The predicted molar refractivity (Wildman–Crippen MR) is 80.2 cm³/mol. The first kappa shape index (κ1) is 11.9. The van der Waals surface area contributed by atoms with Gasteiger partial charge in [0.2, 0.25) is 0 Å². The lowest BCUT2D eigenvalue weighted by Crippen LogP contribution is -1.91. The maximum atomic E-state index is 2.30. The van der Waals surface area contributed by atoms with E-state index in [1.54, 1.807) is 0 Å². The second-order valence-electron chi connectivity index (χ2n) is 4.49. The van der Waals surface area contributed by atoms with Gasteiger partial charge in [-0.2, -0.15) is 0 Å². The fourth-order valence-electron chi connectivity index (χ4n) is 2.06. The van der Waals surface area contributed by atoms with Gasteiger partial charge in [-0.15, -0.1) is 0 Å². The summed E-state index contributed by atoms with van der Waals surface area (Å²) in [6.07, 6.45) is 2.30. The molecule has 0 atom stereocenters. The molecule has 0 nitrogen and oxygen atoms in total. The Balaban J connectivity index is 2.41. The van der Waals surface area contributed by atoms with E-state index in [4.69, 9.17) is 0 Å². The molecular weight excluding hydrogens is 220 g/mol. The topological polar surface area (TPSA) is 0 Å². The van der Waals surface area contributed by atoms with E-state index in [2.05, 4.69) is 68.5 Å². The minimum atomic E-state index is 1.07. The van der Waals surface area contributed by atoms with Gasteiger partial charge in [-0.3, -0.25) is 0 Å². The average molecular weight is 238 g/mol. The van der Waals surface area contributed by atoms with E-state index >= 15 is 0 Å². The summed E-state index contributed by atoms with van der Waals surface area (Å²) in [7, 11) is 1.07. The summed E-state index contributed by atoms with van der Waals surface area (Å²) in [5, 5.41) is 1.46. The largest absolute Gasteiger partial charge is 0.0628 e. The van der Waals surface area contributed by atoms with Crippen LogP contribution < -0.4 is 0 Å². The van der Waals surface area contributed by atoms with E-state index in [0.717, 1.165) is 10.2 Å². The Kier molecular flexibility index (Phi) is 3.60. The molecule has 0 spiro atoms. The summed E-state index contributed by atoms with van der Waals surface area (Å²) in [6.45, 7) is 4.39. The number of rotatable bonds is 2. The van der Waals surface area contributed by atoms with Crippen LogP contribution in [0.3, 0.4) is 0 Å². The first-order valence-corrected chi connectivity index (χ1v) is 6.98. The Morgan fingerprint density at radius 3 is 2.35 bits per heavy atom. The highest BCUT2D eigenvalue weighted by Gasteiger charge is 2.02. The zero-order valence-electron chi connectivity index (χ0n) is 10.7. The second-order valence-corrected chi connectivity index (χ2v) is 5.56. The van der Waals surface area contributed by atoms with Crippen molar-refractivity contribution < 1.29 is 0 Å². The van der Waals surface area contributed by atoms with Crippen molar-refractivity contribution in [1.29, 1.82) is 0 Å². The summed E-state index contributed by atoms with van der Waals surface area (Å²) in [6, 6.07) is 17.1. The molecule has 2 aromatic carbocycles. The second kappa shape index (κ2) is 5.15. The monoisotopic (exact) mass is 238 g/mol. The molecule has 0 aromatic heterocycles. The SMILES string of the molecule is Cc1cccc(C([SiH3])=Cc2ccccc2)c1C. The van der Waals surface area contributed by atoms with Crippen LogP contribution >= 0.6 is 0 Å². The zero-order chi connectivity index (χ0) is 12.3. The Hall–Kier alpha value is -1.60. The molecule has 0 saturated carbocycles. The number of hydrogen-bond acceptors (Lipinski definition) is 0. The van der Waals surface area contributed by atoms with E-state index in [-0.39, 0.29) is 0 Å². The quantitative estimate of drug-likeness (QED) is 0.557. The van der Waals surface area contributed by atoms with Crippen molar-refractivity contribution in [1.82, 2.24) is 0 Å². The Bertz CT molecular complexity index is 539. The smallest absolute Gasteiger partial charge is 0.0393 e. The predicted octanol–water partition coefficient (Wildman–Crippen LogP) is 3.17. The average Bonchev–Trinajstić information content (AvgIpc) is 2.34. The van der Waals surface area contributed by atoms with E-state index < -0.39 is 0 Å². The van der Waals surface area contributed by atoms with Gasteiger partial charge in [0.15, 0.2) is 0 Å². The molecule has 0 fully saturated rings. The molecule has 0 N–H and O–H groups in total. The molecule has 0 aliphatic heterocycles. The van der Waals surface area contributed by atoms with Gasteiger partial charge in [0, 0.05) is 10.2 Å². The molecule has 0 aliphatic rings. The van der Waals surface area contributed by atoms with E-state index in [1.165, 1.54) is 27.5 Å². The lowest BCUT2D eigenvalue weighted by Gasteiger charge is -2.09. The zero-order valence-corrected chi connectivity index (χ0v) is 12.7. The van der Waals surface area contributed by atoms with Crippen molar-refractivity contribution in [2.75, 3.05) is 0 Å². The van der Waals surface area contributed by atoms with Crippen LogP contribution in [0.4, 0.5) is 0 Å². The Morgan fingerprint density at radius 2 is 1.65 bits per heavy atom. The van der Waals surface area contributed by atoms with Crippen molar-refractivity contribution in [3.63, 3.8) is 0 Å². The molecule has 0 aliphatic carbocycles. The maximum absolute atomic E-state index is 2.30. The van der Waals surface area contributed by atoms with E-state index in [0.29, 0.717) is 0 Å². The summed E-state index contributed by atoms with van der Waals surface area (Å²) in [4.78, 5) is 0. The summed E-state index contributed by atoms with van der Waals surface area (Å²) in [5.74, 6) is 0. The first-order chi connectivity index (χ1) is 8.18. The van der Waals surface area contributed by atoms with E-state index in [9.17, 15) is 0 Å². The summed E-state index contributed by atoms with van der Waals surface area (Å²) < 4.78 is 0. The van der Waals surface area contributed by atoms with E-state index in [1.807, 2.05) is 0 Å². The van der Waals surface area contributed by atoms with Gasteiger partial charge >= 0.3 is 0 Å². The first-order valence-electron chi connectivity index (χ1n) is 5.98. The molecule has 17 heavy (non-hydrogen) atoms. The van der Waals surface area contributed by atoms with Gasteiger partial charge in [-0.05, 0) is 36.1 Å². The lowest BCUT2D eigenvalue weighted by molar-refractivity contribution is 1.32. The molecule has 2 aromatic rings. The number of benzene rings is 2. The van der Waals surface area contributed by atoms with Crippen molar-refractivity contribution >= 4 is 21.5 Å². The fraction of sp³-hybridized carbons (Fsp3) is 0.125. The van der Waals surface area contributed by atoms with Gasteiger partial charge in [-0.1, -0.05) is 59.8 Å². The van der Waals surface area contributed by atoms with Crippen LogP contribution in [0.1, 0.15) is 22.3 Å². The Labute approximate surface area is 106 Å². The highest BCUT2D eigenvalue weighted by atomic mass is 28.1. The molecule has 2 rings (SSSR count). The van der Waals surface area contributed by atoms with Crippen LogP contribution in [0.5, 0.6) is 0 Å². The minimum Gasteiger partial charge on any atom is -0.0628 e. The minimum absolute atomic E-state index is 1.07. The van der Waals surface area contributed by atoms with Gasteiger partial charge < -0.3 is 0 Å². The highest BCUT2D eigenvalue weighted by molar-refractivity contribution is 6.45. The third-order valence-corrected chi connectivity index (χ3v) is 4.04. The fourth-order valence-corrected chi connectivity index (χ4v) is 2.93. The van der Waals surface area contributed by atoms with Crippen LogP contribution in [-0.4, -0.2) is 10.2 Å². The molecule has 0 unspecified atom stereocenters. The van der Waals surface area contributed by atoms with Crippen LogP contribution in [0.15, 0.2) is 48.5 Å². The van der Waals surface area contributed by atoms with Crippen LogP contribution in [0.25, 0.3) is 11.3 Å². The summed E-state index contributed by atoms with van der Waals surface area (Å²) >= 11 is 0. The van der Waals surface area contributed by atoms with Crippen LogP contribution in [-0.2, 0) is 0 Å². The molecular formula is C16H18Si. The van der Waals surface area contributed by atoms with Gasteiger partial charge in [0.25, 0.3) is 0 Å². The Morgan fingerprint density at radius 1 is 0.941 bits per heavy atom. The van der Waals surface area contributed by atoms with Crippen LogP contribution in [0, 0.1) is 13.8 Å². The molecule has 1 heteroatoms. The highest BCUT2D eigenvalue weighted by Crippen LogP contribution is 2.21. The van der Waals surface area contributed by atoms with Gasteiger partial charge in [0.05, 0.1) is 0 Å². The van der Waals surface area contributed by atoms with Gasteiger partial charge in [0.1, 0.15) is 0 Å². The number of aryl methyl sites for hydroxylation is 1. The van der Waals surface area contributed by atoms with Crippen molar-refractivity contribution in [2.24, 2.45) is 0 Å². The molecule has 86 valence electrons. The molecule has 0 radical (unpaired) electrons. The van der Waals surface area contributed by atoms with Gasteiger partial charge in [-0.25, -0.2) is 0 Å². The third-order valence-electron chi connectivity index (χ3n) is 3.21. The molecule has 0 heterocycles. The standard InChI is InChI=1S/C16H18Si/c1-12-7-6-10-15(13(12)2)16(17)11-14-8-4-3-5-9-14/h3-11H,1-2,17H3. The maximum Gasteiger partial charge on any atom is 0.0393 e. The normalized spacial score (nSPS) is 11.8. The molecule has 0 bridgehead atoms.